The molecule has 148 valence electrons. The lowest BCUT2D eigenvalue weighted by molar-refractivity contribution is -0.165. The molecule has 1 aliphatic rings. The lowest BCUT2D eigenvalue weighted by Crippen LogP contribution is -2.44. The molecule has 29 heavy (non-hydrogen) atoms. The molecule has 2 N–H and O–H groups in total. The number of aromatic nitrogens is 1. The van der Waals surface area contributed by atoms with Crippen LogP contribution in [0.15, 0.2) is 42.5 Å². The summed E-state index contributed by atoms with van der Waals surface area (Å²) in [5.41, 5.74) is 1.43. The predicted molar refractivity (Wildman–Crippen MR) is 108 cm³/mol. The Morgan fingerprint density at radius 1 is 1.03 bits per heavy atom. The molecule has 3 aromatic rings. The third-order valence-corrected chi connectivity index (χ3v) is 5.97. The SMILES string of the molecule is Cc1ccc2c(c1)c1c(n2C(=O)c2ccc(Cl)cc2)CCC(C(=O)O)(C(=O)O)C1. The number of aliphatic carboxylic acids is 2. The average Bonchev–Trinajstić information content (AvgIpc) is 3.00. The lowest BCUT2D eigenvalue weighted by atomic mass is 9.72. The predicted octanol–water partition coefficient (Wildman–Crippen LogP) is 3.94. The highest BCUT2D eigenvalue weighted by atomic mass is 35.5. The number of carboxylic acid groups (broad SMARTS) is 2. The molecule has 6 nitrogen and oxygen atoms in total. The van der Waals surface area contributed by atoms with Crippen LogP contribution < -0.4 is 0 Å². The minimum absolute atomic E-state index is 0.0755. The lowest BCUT2D eigenvalue weighted by Gasteiger charge is -2.29. The average molecular weight is 412 g/mol. The van der Waals surface area contributed by atoms with Gasteiger partial charge in [0.25, 0.3) is 5.91 Å². The Bertz CT molecular complexity index is 1160. The summed E-state index contributed by atoms with van der Waals surface area (Å²) in [4.78, 5) is 37.0. The molecule has 1 aliphatic carbocycles. The molecule has 0 bridgehead atoms. The Morgan fingerprint density at radius 3 is 2.31 bits per heavy atom. The number of carboxylic acids is 2. The van der Waals surface area contributed by atoms with Gasteiger partial charge in [0.05, 0.1) is 5.52 Å². The Morgan fingerprint density at radius 2 is 1.69 bits per heavy atom. The second-order valence-electron chi connectivity index (χ2n) is 7.46. The fourth-order valence-electron chi connectivity index (χ4n) is 4.11. The van der Waals surface area contributed by atoms with Crippen molar-refractivity contribution < 1.29 is 24.6 Å². The maximum Gasteiger partial charge on any atom is 0.321 e. The summed E-state index contributed by atoms with van der Waals surface area (Å²) < 4.78 is 1.58. The van der Waals surface area contributed by atoms with Crippen LogP contribution in [0, 0.1) is 12.3 Å². The number of hydrogen-bond donors (Lipinski definition) is 2. The molecule has 1 heterocycles. The summed E-state index contributed by atoms with van der Waals surface area (Å²) in [5, 5.41) is 20.6. The third-order valence-electron chi connectivity index (χ3n) is 5.72. The van der Waals surface area contributed by atoms with E-state index in [1.165, 1.54) is 0 Å². The number of benzene rings is 2. The van der Waals surface area contributed by atoms with E-state index in [-0.39, 0.29) is 25.2 Å². The van der Waals surface area contributed by atoms with Crippen LogP contribution in [0.2, 0.25) is 5.02 Å². The highest BCUT2D eigenvalue weighted by Crippen LogP contribution is 2.41. The molecule has 0 spiro atoms. The third kappa shape index (κ3) is 2.91. The molecule has 0 atom stereocenters. The van der Waals surface area contributed by atoms with Gasteiger partial charge in [0.1, 0.15) is 0 Å². The van der Waals surface area contributed by atoms with Crippen LogP contribution in [0.5, 0.6) is 0 Å². The van der Waals surface area contributed by atoms with E-state index in [2.05, 4.69) is 0 Å². The first kappa shape index (κ1) is 19.2. The Hall–Kier alpha value is -3.12. The highest BCUT2D eigenvalue weighted by Gasteiger charge is 2.50. The van der Waals surface area contributed by atoms with Crippen molar-refractivity contribution in [2.24, 2.45) is 5.41 Å². The van der Waals surface area contributed by atoms with Crippen molar-refractivity contribution >= 4 is 40.3 Å². The van der Waals surface area contributed by atoms with Gasteiger partial charge in [-0.25, -0.2) is 0 Å². The minimum Gasteiger partial charge on any atom is -0.480 e. The Balaban J connectivity index is 1.95. The standard InChI is InChI=1S/C22H18ClNO5/c1-12-2-7-17-15(10-12)16-11-22(20(26)27,21(28)29)9-8-18(16)24(17)19(25)13-3-5-14(23)6-4-13/h2-7,10H,8-9,11H2,1H3,(H,26,27)(H,28,29). The molecule has 1 aromatic heterocycles. The van der Waals surface area contributed by atoms with Crippen LogP contribution in [-0.2, 0) is 22.4 Å². The zero-order valence-electron chi connectivity index (χ0n) is 15.6. The van der Waals surface area contributed by atoms with Gasteiger partial charge < -0.3 is 10.2 Å². The fraction of sp³-hybridized carbons (Fsp3) is 0.227. The van der Waals surface area contributed by atoms with Crippen LogP contribution in [-0.4, -0.2) is 32.6 Å². The molecular weight excluding hydrogens is 394 g/mol. The first-order valence-electron chi connectivity index (χ1n) is 9.14. The zero-order chi connectivity index (χ0) is 20.9. The van der Waals surface area contributed by atoms with Gasteiger partial charge >= 0.3 is 11.9 Å². The van der Waals surface area contributed by atoms with E-state index >= 15 is 0 Å². The molecule has 0 aliphatic heterocycles. The summed E-state index contributed by atoms with van der Waals surface area (Å²) >= 11 is 5.93. The first-order chi connectivity index (χ1) is 13.7. The molecular formula is C22H18ClNO5. The highest BCUT2D eigenvalue weighted by molar-refractivity contribution is 6.30. The van der Waals surface area contributed by atoms with Crippen molar-refractivity contribution in [1.82, 2.24) is 4.57 Å². The Kier molecular flexibility index (Phi) is 4.46. The van der Waals surface area contributed by atoms with Crippen molar-refractivity contribution in [2.75, 3.05) is 0 Å². The number of carbonyl (C=O) groups is 3. The molecule has 0 amide bonds. The van der Waals surface area contributed by atoms with Crippen molar-refractivity contribution in [2.45, 2.75) is 26.2 Å². The van der Waals surface area contributed by atoms with Crippen molar-refractivity contribution in [3.63, 3.8) is 0 Å². The smallest absolute Gasteiger partial charge is 0.321 e. The molecule has 0 saturated carbocycles. The molecule has 2 aromatic carbocycles. The molecule has 0 fully saturated rings. The quantitative estimate of drug-likeness (QED) is 0.636. The number of rotatable bonds is 3. The van der Waals surface area contributed by atoms with Gasteiger partial charge in [-0.2, -0.15) is 0 Å². The largest absolute Gasteiger partial charge is 0.480 e. The van der Waals surface area contributed by atoms with E-state index in [1.807, 2.05) is 25.1 Å². The maximum atomic E-state index is 13.3. The number of nitrogens with zero attached hydrogens (tertiary/aromatic N) is 1. The van der Waals surface area contributed by atoms with Gasteiger partial charge in [-0.1, -0.05) is 23.2 Å². The fourth-order valence-corrected chi connectivity index (χ4v) is 4.24. The molecule has 0 unspecified atom stereocenters. The van der Waals surface area contributed by atoms with Gasteiger partial charge in [-0.3, -0.25) is 19.0 Å². The number of fused-ring (bicyclic) bond motifs is 3. The van der Waals surface area contributed by atoms with Crippen LogP contribution in [0.1, 0.15) is 33.6 Å². The van der Waals surface area contributed by atoms with E-state index in [1.54, 1.807) is 28.8 Å². The minimum atomic E-state index is -1.89. The number of carbonyl (C=O) groups excluding carboxylic acids is 1. The monoisotopic (exact) mass is 411 g/mol. The topological polar surface area (TPSA) is 96.6 Å². The second kappa shape index (κ2) is 6.74. The van der Waals surface area contributed by atoms with E-state index in [9.17, 15) is 24.6 Å². The van der Waals surface area contributed by atoms with Gasteiger partial charge in [0.2, 0.25) is 0 Å². The summed E-state index contributed by atoms with van der Waals surface area (Å²) in [5.74, 6) is -2.96. The summed E-state index contributed by atoms with van der Waals surface area (Å²) in [7, 11) is 0. The maximum absolute atomic E-state index is 13.3. The van der Waals surface area contributed by atoms with Gasteiger partial charge in [-0.05, 0) is 61.7 Å². The van der Waals surface area contributed by atoms with Crippen LogP contribution in [0.25, 0.3) is 10.9 Å². The van der Waals surface area contributed by atoms with Crippen LogP contribution in [0.4, 0.5) is 0 Å². The Labute approximate surface area is 171 Å². The van der Waals surface area contributed by atoms with Gasteiger partial charge in [0.15, 0.2) is 5.41 Å². The first-order valence-corrected chi connectivity index (χ1v) is 9.52. The number of halogens is 1. The summed E-state index contributed by atoms with van der Waals surface area (Å²) in [6, 6.07) is 12.1. The number of hydrogen-bond acceptors (Lipinski definition) is 3. The van der Waals surface area contributed by atoms with Crippen LogP contribution >= 0.6 is 11.6 Å². The van der Waals surface area contributed by atoms with E-state index in [0.29, 0.717) is 32.7 Å². The summed E-state index contributed by atoms with van der Waals surface area (Å²) in [6.45, 7) is 1.90. The molecule has 7 heteroatoms. The van der Waals surface area contributed by atoms with Crippen molar-refractivity contribution in [1.29, 1.82) is 0 Å². The van der Waals surface area contributed by atoms with E-state index in [4.69, 9.17) is 11.6 Å². The number of aryl methyl sites for hydroxylation is 1. The van der Waals surface area contributed by atoms with Gasteiger partial charge in [0, 0.05) is 28.1 Å². The van der Waals surface area contributed by atoms with Crippen molar-refractivity contribution in [3.8, 4) is 0 Å². The summed E-state index contributed by atoms with van der Waals surface area (Å²) in [6.07, 6.45) is -0.0529. The van der Waals surface area contributed by atoms with E-state index < -0.39 is 17.4 Å². The molecule has 0 radical (unpaired) electrons. The molecule has 4 rings (SSSR count). The normalized spacial score (nSPS) is 15.1. The van der Waals surface area contributed by atoms with Crippen LogP contribution in [0.3, 0.4) is 0 Å². The molecule has 0 saturated heterocycles. The zero-order valence-corrected chi connectivity index (χ0v) is 16.4. The van der Waals surface area contributed by atoms with Crippen molar-refractivity contribution in [3.05, 3.63) is 69.9 Å². The second-order valence-corrected chi connectivity index (χ2v) is 7.90. The van der Waals surface area contributed by atoms with Gasteiger partial charge in [-0.15, -0.1) is 0 Å². The van der Waals surface area contributed by atoms with E-state index in [0.717, 1.165) is 5.56 Å².